The molecule has 0 bridgehead atoms. The van der Waals surface area contributed by atoms with Crippen LogP contribution in [0.1, 0.15) is 11.3 Å². The molecule has 30 heavy (non-hydrogen) atoms. The van der Waals surface area contributed by atoms with Crippen molar-refractivity contribution in [3.63, 3.8) is 0 Å². The zero-order valence-corrected chi connectivity index (χ0v) is 16.9. The summed E-state index contributed by atoms with van der Waals surface area (Å²) in [4.78, 5) is 15.0. The molecule has 0 aliphatic carbocycles. The van der Waals surface area contributed by atoms with Gasteiger partial charge in [0.05, 0.1) is 6.26 Å². The van der Waals surface area contributed by atoms with E-state index in [0.29, 0.717) is 23.2 Å². The predicted octanol–water partition coefficient (Wildman–Crippen LogP) is 4.24. The van der Waals surface area contributed by atoms with Crippen LogP contribution in [0.5, 0.6) is 0 Å². The lowest BCUT2D eigenvalue weighted by Gasteiger charge is -2.19. The first-order valence-corrected chi connectivity index (χ1v) is 9.59. The second kappa shape index (κ2) is 8.75. The summed E-state index contributed by atoms with van der Waals surface area (Å²) >= 11 is 6.08. The summed E-state index contributed by atoms with van der Waals surface area (Å²) < 4.78 is 6.85. The summed E-state index contributed by atoms with van der Waals surface area (Å²) in [6, 6.07) is 20.3. The standard InChI is InChI=1S/C22H18ClN5O2/c1-27(15-16-7-5-10-18(23)13-16)22(29)20(14-19-11-6-12-30-19)28-21(24-25-26-28)17-8-3-2-4-9-17/h2-14H,15H2,1H3/b20-14-. The first-order valence-electron chi connectivity index (χ1n) is 9.21. The maximum Gasteiger partial charge on any atom is 0.272 e. The summed E-state index contributed by atoms with van der Waals surface area (Å²) in [7, 11) is 1.71. The fourth-order valence-corrected chi connectivity index (χ4v) is 3.23. The molecule has 0 atom stereocenters. The minimum atomic E-state index is -0.268. The maximum absolute atomic E-state index is 13.4. The van der Waals surface area contributed by atoms with E-state index in [1.807, 2.05) is 48.5 Å². The Labute approximate surface area is 178 Å². The van der Waals surface area contributed by atoms with Crippen molar-refractivity contribution in [2.24, 2.45) is 0 Å². The van der Waals surface area contributed by atoms with Gasteiger partial charge in [-0.1, -0.05) is 54.1 Å². The number of carbonyl (C=O) groups excluding carboxylic acids is 1. The van der Waals surface area contributed by atoms with Gasteiger partial charge >= 0.3 is 0 Å². The highest BCUT2D eigenvalue weighted by molar-refractivity contribution is 6.30. The van der Waals surface area contributed by atoms with E-state index in [4.69, 9.17) is 16.0 Å². The largest absolute Gasteiger partial charge is 0.465 e. The molecule has 0 saturated heterocycles. The van der Waals surface area contributed by atoms with Crippen molar-refractivity contribution in [1.82, 2.24) is 25.1 Å². The number of rotatable bonds is 6. The molecule has 4 rings (SSSR count). The average molecular weight is 420 g/mol. The lowest BCUT2D eigenvalue weighted by atomic mass is 10.2. The van der Waals surface area contributed by atoms with Crippen LogP contribution in [-0.4, -0.2) is 38.1 Å². The number of carbonyl (C=O) groups is 1. The Morgan fingerprint density at radius 2 is 1.97 bits per heavy atom. The van der Waals surface area contributed by atoms with Gasteiger partial charge in [0.2, 0.25) is 0 Å². The summed E-state index contributed by atoms with van der Waals surface area (Å²) in [5, 5.41) is 12.6. The van der Waals surface area contributed by atoms with E-state index in [-0.39, 0.29) is 11.6 Å². The van der Waals surface area contributed by atoms with E-state index >= 15 is 0 Å². The molecule has 2 aromatic carbocycles. The van der Waals surface area contributed by atoms with Gasteiger partial charge in [0.15, 0.2) is 5.82 Å². The highest BCUT2D eigenvalue weighted by Gasteiger charge is 2.23. The monoisotopic (exact) mass is 419 g/mol. The molecule has 7 nitrogen and oxygen atoms in total. The molecule has 0 aliphatic rings. The number of likely N-dealkylation sites (N-methyl/N-ethyl adjacent to an activating group) is 1. The van der Waals surface area contributed by atoms with Crippen molar-refractivity contribution >= 4 is 29.3 Å². The van der Waals surface area contributed by atoms with Gasteiger partial charge in [0.25, 0.3) is 5.91 Å². The fraction of sp³-hybridized carbons (Fsp3) is 0.0909. The van der Waals surface area contributed by atoms with Gasteiger partial charge < -0.3 is 9.32 Å². The van der Waals surface area contributed by atoms with E-state index in [9.17, 15) is 4.79 Å². The molecule has 0 aliphatic heterocycles. The number of benzene rings is 2. The van der Waals surface area contributed by atoms with E-state index in [1.165, 1.54) is 4.68 Å². The Morgan fingerprint density at radius 1 is 1.13 bits per heavy atom. The Bertz CT molecular complexity index is 1170. The fourth-order valence-electron chi connectivity index (χ4n) is 3.01. The summed E-state index contributed by atoms with van der Waals surface area (Å²) in [5.41, 5.74) is 1.96. The average Bonchev–Trinajstić information content (AvgIpc) is 3.44. The molecular weight excluding hydrogens is 402 g/mol. The van der Waals surface area contributed by atoms with E-state index in [0.717, 1.165) is 11.1 Å². The van der Waals surface area contributed by atoms with Crippen LogP contribution >= 0.6 is 11.6 Å². The number of furan rings is 1. The van der Waals surface area contributed by atoms with Crippen molar-refractivity contribution in [2.75, 3.05) is 7.05 Å². The van der Waals surface area contributed by atoms with Crippen molar-refractivity contribution in [1.29, 1.82) is 0 Å². The van der Waals surface area contributed by atoms with Gasteiger partial charge in [-0.25, -0.2) is 0 Å². The Hall–Kier alpha value is -3.71. The molecule has 2 aromatic heterocycles. The normalized spacial score (nSPS) is 11.5. The molecule has 0 N–H and O–H groups in total. The zero-order valence-electron chi connectivity index (χ0n) is 16.1. The van der Waals surface area contributed by atoms with Gasteiger partial charge in [-0.3, -0.25) is 4.79 Å². The third-order valence-corrected chi connectivity index (χ3v) is 4.66. The number of tetrazole rings is 1. The molecule has 0 radical (unpaired) electrons. The first kappa shape index (κ1) is 19.6. The zero-order chi connectivity index (χ0) is 20.9. The van der Waals surface area contributed by atoms with Crippen LogP contribution in [0, 0.1) is 0 Å². The smallest absolute Gasteiger partial charge is 0.272 e. The molecule has 4 aromatic rings. The van der Waals surface area contributed by atoms with Crippen LogP contribution in [0.2, 0.25) is 5.02 Å². The van der Waals surface area contributed by atoms with Crippen LogP contribution in [0.3, 0.4) is 0 Å². The molecule has 1 amide bonds. The second-order valence-electron chi connectivity index (χ2n) is 6.62. The Kier molecular flexibility index (Phi) is 5.72. The second-order valence-corrected chi connectivity index (χ2v) is 7.05. The van der Waals surface area contributed by atoms with Gasteiger partial charge in [-0.05, 0) is 40.3 Å². The third-order valence-electron chi connectivity index (χ3n) is 4.43. The summed E-state index contributed by atoms with van der Waals surface area (Å²) in [6.45, 7) is 0.373. The molecule has 0 fully saturated rings. The number of nitrogens with zero attached hydrogens (tertiary/aromatic N) is 5. The molecule has 0 saturated carbocycles. The van der Waals surface area contributed by atoms with E-state index in [1.54, 1.807) is 42.5 Å². The van der Waals surface area contributed by atoms with Gasteiger partial charge in [-0.15, -0.1) is 5.10 Å². The first-order chi connectivity index (χ1) is 14.6. The maximum atomic E-state index is 13.4. The SMILES string of the molecule is CN(Cc1cccc(Cl)c1)C(=O)/C(=C/c1ccco1)n1nnnc1-c1ccccc1. The van der Waals surface area contributed by atoms with Crippen LogP contribution in [-0.2, 0) is 11.3 Å². The van der Waals surface area contributed by atoms with Crippen LogP contribution in [0.15, 0.2) is 77.4 Å². The quantitative estimate of drug-likeness (QED) is 0.437. The number of hydrogen-bond donors (Lipinski definition) is 0. The molecular formula is C22H18ClN5O2. The van der Waals surface area contributed by atoms with E-state index < -0.39 is 0 Å². The van der Waals surface area contributed by atoms with Gasteiger partial charge in [-0.2, -0.15) is 4.68 Å². The highest BCUT2D eigenvalue weighted by atomic mass is 35.5. The topological polar surface area (TPSA) is 77.0 Å². The highest BCUT2D eigenvalue weighted by Crippen LogP contribution is 2.22. The van der Waals surface area contributed by atoms with Crippen molar-refractivity contribution in [3.05, 3.63) is 89.3 Å². The van der Waals surface area contributed by atoms with Crippen molar-refractivity contribution in [2.45, 2.75) is 6.54 Å². The third kappa shape index (κ3) is 4.31. The number of hydrogen-bond acceptors (Lipinski definition) is 5. The van der Waals surface area contributed by atoms with Crippen molar-refractivity contribution < 1.29 is 9.21 Å². The van der Waals surface area contributed by atoms with E-state index in [2.05, 4.69) is 15.5 Å². The number of aromatic nitrogens is 4. The van der Waals surface area contributed by atoms with Crippen LogP contribution in [0.4, 0.5) is 0 Å². The Balaban J connectivity index is 1.71. The van der Waals surface area contributed by atoms with Gasteiger partial charge in [0.1, 0.15) is 11.5 Å². The molecule has 0 spiro atoms. The number of halogens is 1. The minimum Gasteiger partial charge on any atom is -0.465 e. The summed E-state index contributed by atoms with van der Waals surface area (Å²) in [6.07, 6.45) is 3.17. The number of amides is 1. The molecule has 8 heteroatoms. The minimum absolute atomic E-state index is 0.262. The molecule has 150 valence electrons. The van der Waals surface area contributed by atoms with Crippen molar-refractivity contribution in [3.8, 4) is 11.4 Å². The lowest BCUT2D eigenvalue weighted by molar-refractivity contribution is -0.124. The van der Waals surface area contributed by atoms with Crippen LogP contribution in [0.25, 0.3) is 23.2 Å². The molecule has 2 heterocycles. The lowest BCUT2D eigenvalue weighted by Crippen LogP contribution is -2.29. The van der Waals surface area contributed by atoms with Crippen LogP contribution < -0.4 is 0 Å². The van der Waals surface area contributed by atoms with Gasteiger partial charge in [0, 0.05) is 30.3 Å². The summed E-state index contributed by atoms with van der Waals surface area (Å²) in [5.74, 6) is 0.706. The Morgan fingerprint density at radius 3 is 2.70 bits per heavy atom. The molecule has 0 unspecified atom stereocenters. The predicted molar refractivity (Wildman–Crippen MR) is 114 cm³/mol.